The first kappa shape index (κ1) is 18.8. The molecule has 5 heteroatoms. The van der Waals surface area contributed by atoms with Crippen LogP contribution in [0.3, 0.4) is 0 Å². The molecule has 0 spiro atoms. The highest BCUT2D eigenvalue weighted by Gasteiger charge is 2.17. The van der Waals surface area contributed by atoms with Crippen molar-refractivity contribution < 1.29 is 4.79 Å². The number of rotatable bonds is 5. The lowest BCUT2D eigenvalue weighted by Gasteiger charge is -2.34. The zero-order valence-corrected chi connectivity index (χ0v) is 16.6. The zero-order valence-electron chi connectivity index (χ0n) is 15.7. The summed E-state index contributed by atoms with van der Waals surface area (Å²) in [6, 6.07) is 16.4. The Balaban J connectivity index is 1.61. The number of thioether (sulfide) groups is 1. The molecule has 3 rings (SSSR count). The van der Waals surface area contributed by atoms with Gasteiger partial charge < -0.3 is 15.1 Å². The molecule has 2 aromatic rings. The van der Waals surface area contributed by atoms with Gasteiger partial charge in [-0.25, -0.2) is 0 Å². The molecule has 1 aliphatic rings. The van der Waals surface area contributed by atoms with Gasteiger partial charge in [0, 0.05) is 42.4 Å². The third kappa shape index (κ3) is 4.80. The zero-order chi connectivity index (χ0) is 18.5. The Hall–Kier alpha value is -1.98. The fourth-order valence-electron chi connectivity index (χ4n) is 3.04. The van der Waals surface area contributed by atoms with E-state index in [-0.39, 0.29) is 11.2 Å². The van der Waals surface area contributed by atoms with Gasteiger partial charge in [-0.2, -0.15) is 0 Å². The van der Waals surface area contributed by atoms with Gasteiger partial charge in [0.2, 0.25) is 5.91 Å². The summed E-state index contributed by atoms with van der Waals surface area (Å²) in [7, 11) is 2.16. The van der Waals surface area contributed by atoms with Crippen LogP contribution in [-0.4, -0.2) is 49.3 Å². The second-order valence-corrected chi connectivity index (χ2v) is 8.27. The molecule has 1 amide bonds. The van der Waals surface area contributed by atoms with Crippen LogP contribution in [0.2, 0.25) is 0 Å². The van der Waals surface area contributed by atoms with Crippen LogP contribution in [0.4, 0.5) is 11.4 Å². The number of hydrogen-bond donors (Lipinski definition) is 1. The van der Waals surface area contributed by atoms with E-state index in [4.69, 9.17) is 0 Å². The summed E-state index contributed by atoms with van der Waals surface area (Å²) in [5.41, 5.74) is 3.24. The van der Waals surface area contributed by atoms with Crippen LogP contribution >= 0.6 is 11.8 Å². The molecule has 1 N–H and O–H groups in total. The average molecular weight is 370 g/mol. The van der Waals surface area contributed by atoms with Crippen LogP contribution in [0.5, 0.6) is 0 Å². The van der Waals surface area contributed by atoms with Crippen LogP contribution in [0.1, 0.15) is 12.5 Å². The van der Waals surface area contributed by atoms with E-state index in [2.05, 4.69) is 41.2 Å². The van der Waals surface area contributed by atoms with Crippen molar-refractivity contribution >= 4 is 29.0 Å². The predicted octanol–water partition coefficient (Wildman–Crippen LogP) is 3.87. The van der Waals surface area contributed by atoms with Crippen molar-refractivity contribution in [2.24, 2.45) is 0 Å². The molecule has 1 atom stereocenters. The first-order chi connectivity index (χ1) is 12.5. The molecule has 0 aliphatic carbocycles. The van der Waals surface area contributed by atoms with Gasteiger partial charge in [-0.1, -0.05) is 18.2 Å². The highest BCUT2D eigenvalue weighted by molar-refractivity contribution is 8.00. The van der Waals surface area contributed by atoms with E-state index in [0.29, 0.717) is 0 Å². The quantitative estimate of drug-likeness (QED) is 0.812. The third-order valence-electron chi connectivity index (χ3n) is 4.76. The number of carbonyl (C=O) groups is 1. The monoisotopic (exact) mass is 369 g/mol. The largest absolute Gasteiger partial charge is 0.369 e. The maximum absolute atomic E-state index is 12.5. The maximum atomic E-state index is 12.5. The Morgan fingerprint density at radius 2 is 1.77 bits per heavy atom. The minimum atomic E-state index is -0.144. The van der Waals surface area contributed by atoms with Crippen molar-refractivity contribution in [2.45, 2.75) is 24.0 Å². The van der Waals surface area contributed by atoms with E-state index in [0.717, 1.165) is 42.3 Å². The van der Waals surface area contributed by atoms with Crippen molar-refractivity contribution in [3.8, 4) is 0 Å². The normalized spacial score (nSPS) is 16.3. The number of piperazine rings is 1. The fourth-order valence-corrected chi connectivity index (χ4v) is 3.93. The van der Waals surface area contributed by atoms with E-state index < -0.39 is 0 Å². The van der Waals surface area contributed by atoms with Gasteiger partial charge in [-0.15, -0.1) is 11.8 Å². The molecule has 1 aliphatic heterocycles. The number of anilines is 2. The molecule has 0 radical (unpaired) electrons. The summed E-state index contributed by atoms with van der Waals surface area (Å²) >= 11 is 1.58. The van der Waals surface area contributed by atoms with E-state index in [1.165, 1.54) is 5.69 Å². The van der Waals surface area contributed by atoms with Gasteiger partial charge >= 0.3 is 0 Å². The first-order valence-electron chi connectivity index (χ1n) is 9.09. The minimum absolute atomic E-state index is 0.0364. The summed E-state index contributed by atoms with van der Waals surface area (Å²) in [5.74, 6) is 0.0364. The van der Waals surface area contributed by atoms with Gasteiger partial charge in [-0.3, -0.25) is 4.79 Å². The van der Waals surface area contributed by atoms with Crippen molar-refractivity contribution in [1.29, 1.82) is 0 Å². The Bertz CT molecular complexity index is 742. The second-order valence-electron chi connectivity index (χ2n) is 6.85. The van der Waals surface area contributed by atoms with Gasteiger partial charge in [-0.05, 0) is 56.8 Å². The SMILES string of the molecule is Cc1cc(N2CCN(C)CC2)ccc1NC(=O)[C@H](C)Sc1ccccc1. The topological polar surface area (TPSA) is 35.6 Å². The number of nitrogens with one attached hydrogen (secondary N) is 1. The predicted molar refractivity (Wildman–Crippen MR) is 111 cm³/mol. The number of hydrogen-bond acceptors (Lipinski definition) is 4. The lowest BCUT2D eigenvalue weighted by Crippen LogP contribution is -2.44. The molecular formula is C21H27N3OS. The molecule has 0 unspecified atom stereocenters. The summed E-state index contributed by atoms with van der Waals surface area (Å²) in [6.07, 6.45) is 0. The van der Waals surface area contributed by atoms with Crippen molar-refractivity contribution in [3.63, 3.8) is 0 Å². The van der Waals surface area contributed by atoms with Crippen molar-refractivity contribution in [3.05, 3.63) is 54.1 Å². The first-order valence-corrected chi connectivity index (χ1v) is 9.97. The van der Waals surface area contributed by atoms with Gasteiger partial charge in [0.15, 0.2) is 0 Å². The molecule has 0 saturated carbocycles. The van der Waals surface area contributed by atoms with E-state index >= 15 is 0 Å². The Morgan fingerprint density at radius 3 is 2.42 bits per heavy atom. The number of carbonyl (C=O) groups excluding carboxylic acids is 1. The number of aryl methyl sites for hydroxylation is 1. The summed E-state index contributed by atoms with van der Waals surface area (Å²) in [4.78, 5) is 18.4. The number of amides is 1. The maximum Gasteiger partial charge on any atom is 0.237 e. The lowest BCUT2D eigenvalue weighted by molar-refractivity contribution is -0.115. The highest BCUT2D eigenvalue weighted by Crippen LogP contribution is 2.26. The molecule has 1 fully saturated rings. The minimum Gasteiger partial charge on any atom is -0.369 e. The van der Waals surface area contributed by atoms with E-state index in [1.807, 2.05) is 43.3 Å². The molecule has 138 valence electrons. The van der Waals surface area contributed by atoms with Crippen molar-refractivity contribution in [2.75, 3.05) is 43.4 Å². The Kier molecular flexibility index (Phi) is 6.22. The molecule has 0 bridgehead atoms. The molecule has 1 saturated heterocycles. The number of likely N-dealkylation sites (N-methyl/N-ethyl adjacent to an activating group) is 1. The fraction of sp³-hybridized carbons (Fsp3) is 0.381. The number of benzene rings is 2. The lowest BCUT2D eigenvalue weighted by atomic mass is 10.1. The molecular weight excluding hydrogens is 342 g/mol. The Morgan fingerprint density at radius 1 is 1.08 bits per heavy atom. The van der Waals surface area contributed by atoms with E-state index in [9.17, 15) is 4.79 Å². The molecule has 1 heterocycles. The van der Waals surface area contributed by atoms with Gasteiger partial charge in [0.1, 0.15) is 0 Å². The Labute approximate surface area is 160 Å². The van der Waals surface area contributed by atoms with Crippen LogP contribution in [0, 0.1) is 6.92 Å². The summed E-state index contributed by atoms with van der Waals surface area (Å²) < 4.78 is 0. The molecule has 0 aromatic heterocycles. The summed E-state index contributed by atoms with van der Waals surface area (Å²) in [5, 5.41) is 2.94. The molecule has 4 nitrogen and oxygen atoms in total. The second kappa shape index (κ2) is 8.60. The summed E-state index contributed by atoms with van der Waals surface area (Å²) in [6.45, 7) is 8.28. The highest BCUT2D eigenvalue weighted by atomic mass is 32.2. The van der Waals surface area contributed by atoms with Crippen LogP contribution < -0.4 is 10.2 Å². The van der Waals surface area contributed by atoms with Crippen molar-refractivity contribution in [1.82, 2.24) is 4.90 Å². The van der Waals surface area contributed by atoms with Crippen LogP contribution in [-0.2, 0) is 4.79 Å². The third-order valence-corrected chi connectivity index (χ3v) is 5.87. The van der Waals surface area contributed by atoms with Crippen LogP contribution in [0.15, 0.2) is 53.4 Å². The smallest absolute Gasteiger partial charge is 0.237 e. The van der Waals surface area contributed by atoms with Gasteiger partial charge in [0.25, 0.3) is 0 Å². The molecule has 2 aromatic carbocycles. The van der Waals surface area contributed by atoms with Gasteiger partial charge in [0.05, 0.1) is 5.25 Å². The average Bonchev–Trinajstić information content (AvgIpc) is 2.64. The van der Waals surface area contributed by atoms with E-state index in [1.54, 1.807) is 11.8 Å². The molecule has 26 heavy (non-hydrogen) atoms. The number of nitrogens with zero attached hydrogens (tertiary/aromatic N) is 2. The van der Waals surface area contributed by atoms with Crippen LogP contribution in [0.25, 0.3) is 0 Å². The standard InChI is InChI=1S/C21H27N3OS/c1-16-15-18(24-13-11-23(3)12-14-24)9-10-20(16)22-21(25)17(2)26-19-7-5-4-6-8-19/h4-10,15,17H,11-14H2,1-3H3,(H,22,25)/t17-/m0/s1.